The lowest BCUT2D eigenvalue weighted by Gasteiger charge is -2.08. The Morgan fingerprint density at radius 1 is 1.17 bits per heavy atom. The van der Waals surface area contributed by atoms with Crippen LogP contribution in [-0.2, 0) is 6.54 Å². The van der Waals surface area contributed by atoms with E-state index < -0.39 is 10.8 Å². The number of fused-ring (bicyclic) bond motifs is 1. The third kappa shape index (κ3) is 2.55. The van der Waals surface area contributed by atoms with Crippen LogP contribution in [0, 0.1) is 17.0 Å². The van der Waals surface area contributed by atoms with Gasteiger partial charge in [0.25, 0.3) is 11.6 Å². The SMILES string of the molecule is Cc1c(C(N)=O)c2ccccc2n1Cc1ccc([N+](=O)[O-])cc1. The molecular weight excluding hydrogens is 294 g/mol. The van der Waals surface area contributed by atoms with Crippen molar-refractivity contribution in [2.75, 3.05) is 0 Å². The molecule has 0 saturated heterocycles. The number of nitro benzene ring substituents is 1. The number of carbonyl (C=O) groups excluding carboxylic acids is 1. The molecule has 1 heterocycles. The Morgan fingerprint density at radius 2 is 1.83 bits per heavy atom. The molecule has 3 rings (SSSR count). The molecule has 6 nitrogen and oxygen atoms in total. The number of hydrogen-bond donors (Lipinski definition) is 1. The largest absolute Gasteiger partial charge is 0.366 e. The quantitative estimate of drug-likeness (QED) is 0.593. The maximum atomic E-state index is 11.8. The summed E-state index contributed by atoms with van der Waals surface area (Å²) in [5, 5.41) is 11.5. The highest BCUT2D eigenvalue weighted by molar-refractivity contribution is 6.07. The van der Waals surface area contributed by atoms with E-state index in [4.69, 9.17) is 5.73 Å². The molecule has 0 radical (unpaired) electrons. The zero-order valence-corrected chi connectivity index (χ0v) is 12.5. The van der Waals surface area contributed by atoms with Crippen molar-refractivity contribution >= 4 is 22.5 Å². The number of carbonyl (C=O) groups is 1. The van der Waals surface area contributed by atoms with Crippen LogP contribution in [0.1, 0.15) is 21.6 Å². The van der Waals surface area contributed by atoms with E-state index >= 15 is 0 Å². The summed E-state index contributed by atoms with van der Waals surface area (Å²) in [7, 11) is 0. The van der Waals surface area contributed by atoms with E-state index in [1.165, 1.54) is 12.1 Å². The Hall–Kier alpha value is -3.15. The number of para-hydroxylation sites is 1. The molecule has 116 valence electrons. The maximum absolute atomic E-state index is 11.8. The molecule has 0 bridgehead atoms. The molecule has 23 heavy (non-hydrogen) atoms. The van der Waals surface area contributed by atoms with Gasteiger partial charge >= 0.3 is 0 Å². The fourth-order valence-corrected chi connectivity index (χ4v) is 2.85. The minimum Gasteiger partial charge on any atom is -0.366 e. The van der Waals surface area contributed by atoms with E-state index in [0.29, 0.717) is 12.1 Å². The third-order valence-electron chi connectivity index (χ3n) is 3.97. The molecule has 2 N–H and O–H groups in total. The van der Waals surface area contributed by atoms with Gasteiger partial charge in [-0.2, -0.15) is 0 Å². The van der Waals surface area contributed by atoms with Crippen LogP contribution in [0.15, 0.2) is 48.5 Å². The van der Waals surface area contributed by atoms with E-state index in [9.17, 15) is 14.9 Å². The first-order valence-corrected chi connectivity index (χ1v) is 7.10. The molecule has 0 fully saturated rings. The van der Waals surface area contributed by atoms with E-state index in [1.54, 1.807) is 12.1 Å². The molecule has 6 heteroatoms. The van der Waals surface area contributed by atoms with Gasteiger partial charge in [0.2, 0.25) is 0 Å². The minimum atomic E-state index is -0.457. The molecule has 0 spiro atoms. The lowest BCUT2D eigenvalue weighted by molar-refractivity contribution is -0.384. The van der Waals surface area contributed by atoms with Crippen molar-refractivity contribution in [3.05, 3.63) is 75.5 Å². The lowest BCUT2D eigenvalue weighted by Crippen LogP contribution is -2.13. The first-order valence-electron chi connectivity index (χ1n) is 7.10. The smallest absolute Gasteiger partial charge is 0.269 e. The fourth-order valence-electron chi connectivity index (χ4n) is 2.85. The summed E-state index contributed by atoms with van der Waals surface area (Å²) >= 11 is 0. The molecule has 0 aliphatic carbocycles. The summed E-state index contributed by atoms with van der Waals surface area (Å²) in [6, 6.07) is 14.0. The number of aromatic nitrogens is 1. The number of rotatable bonds is 4. The van der Waals surface area contributed by atoms with Gasteiger partial charge in [-0.25, -0.2) is 0 Å². The van der Waals surface area contributed by atoms with Gasteiger partial charge in [0.05, 0.1) is 10.5 Å². The van der Waals surface area contributed by atoms with E-state index in [-0.39, 0.29) is 5.69 Å². The highest BCUT2D eigenvalue weighted by Crippen LogP contribution is 2.26. The van der Waals surface area contributed by atoms with Gasteiger partial charge in [-0.3, -0.25) is 14.9 Å². The van der Waals surface area contributed by atoms with E-state index in [2.05, 4.69) is 0 Å². The second-order valence-electron chi connectivity index (χ2n) is 5.35. The molecule has 0 aliphatic rings. The Labute approximate surface area is 132 Å². The Bertz CT molecular complexity index is 911. The van der Waals surface area contributed by atoms with Gasteiger partial charge < -0.3 is 10.3 Å². The molecule has 0 atom stereocenters. The van der Waals surface area contributed by atoms with Gasteiger partial charge in [0.15, 0.2) is 0 Å². The first kappa shape index (κ1) is 14.8. The number of nitrogens with zero attached hydrogens (tertiary/aromatic N) is 2. The van der Waals surface area contributed by atoms with Crippen LogP contribution < -0.4 is 5.73 Å². The molecule has 0 unspecified atom stereocenters. The molecule has 1 aromatic heterocycles. The van der Waals surface area contributed by atoms with Gasteiger partial charge in [-0.15, -0.1) is 0 Å². The number of primary amides is 1. The van der Waals surface area contributed by atoms with Crippen molar-refractivity contribution in [1.29, 1.82) is 0 Å². The summed E-state index contributed by atoms with van der Waals surface area (Å²) in [5.41, 5.74) is 8.70. The van der Waals surface area contributed by atoms with Gasteiger partial charge in [-0.1, -0.05) is 30.3 Å². The summed E-state index contributed by atoms with van der Waals surface area (Å²) in [4.78, 5) is 22.1. The summed E-state index contributed by atoms with van der Waals surface area (Å²) in [6.45, 7) is 2.36. The molecule has 3 aromatic rings. The van der Waals surface area contributed by atoms with Crippen LogP contribution in [0.3, 0.4) is 0 Å². The zero-order valence-electron chi connectivity index (χ0n) is 12.5. The Morgan fingerprint density at radius 3 is 2.43 bits per heavy atom. The normalized spacial score (nSPS) is 10.8. The van der Waals surface area contributed by atoms with Crippen LogP contribution in [0.2, 0.25) is 0 Å². The summed E-state index contributed by atoms with van der Waals surface area (Å²) in [5.74, 6) is -0.457. The summed E-state index contributed by atoms with van der Waals surface area (Å²) in [6.07, 6.45) is 0. The molecule has 1 amide bonds. The number of non-ortho nitro benzene ring substituents is 1. The average Bonchev–Trinajstić information content (AvgIpc) is 2.80. The number of nitro groups is 1. The van der Waals surface area contributed by atoms with Crippen LogP contribution in [-0.4, -0.2) is 15.4 Å². The predicted molar refractivity (Wildman–Crippen MR) is 87.4 cm³/mol. The first-order chi connectivity index (χ1) is 11.0. The molecule has 0 aliphatic heterocycles. The number of nitrogens with two attached hydrogens (primary N) is 1. The van der Waals surface area contributed by atoms with Crippen molar-refractivity contribution in [2.24, 2.45) is 5.73 Å². The van der Waals surface area contributed by atoms with Crippen molar-refractivity contribution in [3.63, 3.8) is 0 Å². The van der Waals surface area contributed by atoms with Crippen LogP contribution in [0.5, 0.6) is 0 Å². The van der Waals surface area contributed by atoms with E-state index in [0.717, 1.165) is 22.2 Å². The van der Waals surface area contributed by atoms with Crippen molar-refractivity contribution in [1.82, 2.24) is 4.57 Å². The predicted octanol–water partition coefficient (Wildman–Crippen LogP) is 3.01. The van der Waals surface area contributed by atoms with Crippen LogP contribution >= 0.6 is 0 Å². The van der Waals surface area contributed by atoms with Crippen LogP contribution in [0.4, 0.5) is 5.69 Å². The van der Waals surface area contributed by atoms with Gasteiger partial charge in [0.1, 0.15) is 0 Å². The average molecular weight is 309 g/mol. The van der Waals surface area contributed by atoms with Gasteiger partial charge in [0, 0.05) is 35.3 Å². The van der Waals surface area contributed by atoms with E-state index in [1.807, 2.05) is 35.8 Å². The maximum Gasteiger partial charge on any atom is 0.269 e. The standard InChI is InChI=1S/C17H15N3O3/c1-11-16(17(18)21)14-4-2-3-5-15(14)19(11)10-12-6-8-13(9-7-12)20(22)23/h2-9H,10H2,1H3,(H2,18,21). The zero-order chi connectivity index (χ0) is 16.6. The third-order valence-corrected chi connectivity index (χ3v) is 3.97. The van der Waals surface area contributed by atoms with Gasteiger partial charge in [-0.05, 0) is 18.6 Å². The van der Waals surface area contributed by atoms with Crippen molar-refractivity contribution in [2.45, 2.75) is 13.5 Å². The second-order valence-corrected chi connectivity index (χ2v) is 5.35. The molecule has 0 saturated carbocycles. The number of hydrogen-bond acceptors (Lipinski definition) is 3. The highest BCUT2D eigenvalue weighted by Gasteiger charge is 2.17. The Kier molecular flexibility index (Phi) is 3.57. The highest BCUT2D eigenvalue weighted by atomic mass is 16.6. The minimum absolute atomic E-state index is 0.0562. The topological polar surface area (TPSA) is 91.2 Å². The second kappa shape index (κ2) is 5.57. The number of benzene rings is 2. The monoisotopic (exact) mass is 309 g/mol. The fraction of sp³-hybridized carbons (Fsp3) is 0.118. The summed E-state index contributed by atoms with van der Waals surface area (Å²) < 4.78 is 2.00. The van der Waals surface area contributed by atoms with Crippen molar-refractivity contribution < 1.29 is 9.72 Å². The lowest BCUT2D eigenvalue weighted by atomic mass is 10.1. The number of amides is 1. The Balaban J connectivity index is 2.08. The molecule has 2 aromatic carbocycles. The van der Waals surface area contributed by atoms with Crippen molar-refractivity contribution in [3.8, 4) is 0 Å². The molecular formula is C17H15N3O3. The van der Waals surface area contributed by atoms with Crippen LogP contribution in [0.25, 0.3) is 10.9 Å².